The van der Waals surface area contributed by atoms with E-state index < -0.39 is 15.8 Å². The normalized spacial score (nSPS) is 17.2. The molecular formula is C19H18FN3O2S. The zero-order valence-electron chi connectivity index (χ0n) is 14.2. The van der Waals surface area contributed by atoms with Gasteiger partial charge >= 0.3 is 0 Å². The lowest BCUT2D eigenvalue weighted by Crippen LogP contribution is -2.40. The molecule has 0 N–H and O–H groups in total. The number of halogens is 1. The molecule has 0 aliphatic carbocycles. The van der Waals surface area contributed by atoms with E-state index in [2.05, 4.69) is 4.98 Å². The molecule has 0 fully saturated rings. The molecule has 1 atom stereocenters. The van der Waals surface area contributed by atoms with Crippen LogP contribution in [0.3, 0.4) is 0 Å². The van der Waals surface area contributed by atoms with Gasteiger partial charge in [0.05, 0.1) is 29.5 Å². The third-order valence-electron chi connectivity index (χ3n) is 4.76. The molecule has 26 heavy (non-hydrogen) atoms. The van der Waals surface area contributed by atoms with Crippen molar-refractivity contribution >= 4 is 15.7 Å². The third kappa shape index (κ3) is 2.78. The highest BCUT2D eigenvalue weighted by molar-refractivity contribution is 7.92. The molecule has 0 spiro atoms. The van der Waals surface area contributed by atoms with Crippen molar-refractivity contribution in [3.8, 4) is 0 Å². The van der Waals surface area contributed by atoms with E-state index in [1.165, 1.54) is 16.4 Å². The van der Waals surface area contributed by atoms with Crippen LogP contribution in [0.25, 0.3) is 0 Å². The Hall–Kier alpha value is -2.67. The smallest absolute Gasteiger partial charge is 0.264 e. The van der Waals surface area contributed by atoms with Gasteiger partial charge in [0.25, 0.3) is 10.0 Å². The predicted molar refractivity (Wildman–Crippen MR) is 97.1 cm³/mol. The minimum absolute atomic E-state index is 0.00131. The first kappa shape index (κ1) is 16.8. The van der Waals surface area contributed by atoms with Gasteiger partial charge in [0.2, 0.25) is 0 Å². The average Bonchev–Trinajstić information content (AvgIpc) is 3.17. The van der Waals surface area contributed by atoms with Crippen molar-refractivity contribution in [1.82, 2.24) is 9.55 Å². The Labute approximate surface area is 151 Å². The van der Waals surface area contributed by atoms with Crippen LogP contribution in [-0.2, 0) is 16.4 Å². The van der Waals surface area contributed by atoms with Gasteiger partial charge in [-0.1, -0.05) is 24.3 Å². The van der Waals surface area contributed by atoms with Gasteiger partial charge in [-0.25, -0.2) is 17.8 Å². The van der Waals surface area contributed by atoms with Gasteiger partial charge in [0.15, 0.2) is 0 Å². The molecule has 3 aromatic rings. The lowest BCUT2D eigenvalue weighted by molar-refractivity contribution is 0.487. The standard InChI is InChI=1S/C19H18FN3O2S/c1-14-6-7-16(20)11-19(14)26(24,25)23-12-17(22-9-8-21-13-22)10-15-4-2-3-5-18(15)23/h2-9,11,13,17H,10,12H2,1H3/t17-/m1/s1. The maximum Gasteiger partial charge on any atom is 0.264 e. The summed E-state index contributed by atoms with van der Waals surface area (Å²) >= 11 is 0. The number of hydrogen-bond acceptors (Lipinski definition) is 3. The highest BCUT2D eigenvalue weighted by Crippen LogP contribution is 2.36. The van der Waals surface area contributed by atoms with Gasteiger partial charge < -0.3 is 4.57 Å². The van der Waals surface area contributed by atoms with Crippen molar-refractivity contribution in [3.63, 3.8) is 0 Å². The molecule has 134 valence electrons. The maximum atomic E-state index is 13.7. The Balaban J connectivity index is 1.84. The Morgan fingerprint density at radius 2 is 2.00 bits per heavy atom. The first-order chi connectivity index (χ1) is 12.5. The quantitative estimate of drug-likeness (QED) is 0.710. The number of anilines is 1. The average molecular weight is 371 g/mol. The van der Waals surface area contributed by atoms with Crippen molar-refractivity contribution < 1.29 is 12.8 Å². The molecule has 1 aliphatic rings. The molecule has 0 radical (unpaired) electrons. The molecule has 0 amide bonds. The Morgan fingerprint density at radius 1 is 1.19 bits per heavy atom. The third-order valence-corrected chi connectivity index (χ3v) is 6.68. The van der Waals surface area contributed by atoms with E-state index in [4.69, 9.17) is 0 Å². The van der Waals surface area contributed by atoms with E-state index >= 15 is 0 Å². The van der Waals surface area contributed by atoms with E-state index in [1.807, 2.05) is 29.0 Å². The van der Waals surface area contributed by atoms with E-state index in [1.54, 1.807) is 25.5 Å². The fourth-order valence-electron chi connectivity index (χ4n) is 3.42. The SMILES string of the molecule is Cc1ccc(F)cc1S(=O)(=O)N1C[C@H](n2ccnc2)Cc2ccccc21. The van der Waals surface area contributed by atoms with Crippen LogP contribution in [0, 0.1) is 12.7 Å². The monoisotopic (exact) mass is 371 g/mol. The number of para-hydroxylation sites is 1. The second-order valence-electron chi connectivity index (χ2n) is 6.44. The number of rotatable bonds is 3. The molecule has 4 rings (SSSR count). The Morgan fingerprint density at radius 3 is 2.77 bits per heavy atom. The highest BCUT2D eigenvalue weighted by Gasteiger charge is 2.34. The summed E-state index contributed by atoms with van der Waals surface area (Å²) in [4.78, 5) is 4.07. The fraction of sp³-hybridized carbons (Fsp3) is 0.211. The van der Waals surface area contributed by atoms with Crippen LogP contribution < -0.4 is 4.31 Å². The molecule has 0 saturated carbocycles. The van der Waals surface area contributed by atoms with Crippen LogP contribution in [0.4, 0.5) is 10.1 Å². The van der Waals surface area contributed by atoms with Gasteiger partial charge in [-0.15, -0.1) is 0 Å². The van der Waals surface area contributed by atoms with Crippen molar-refractivity contribution in [1.29, 1.82) is 0 Å². The number of aryl methyl sites for hydroxylation is 1. The summed E-state index contributed by atoms with van der Waals surface area (Å²) < 4.78 is 43.8. The number of benzene rings is 2. The highest BCUT2D eigenvalue weighted by atomic mass is 32.2. The lowest BCUT2D eigenvalue weighted by atomic mass is 10.00. The van der Waals surface area contributed by atoms with Crippen molar-refractivity contribution in [2.24, 2.45) is 0 Å². The van der Waals surface area contributed by atoms with E-state index in [9.17, 15) is 12.8 Å². The Bertz CT molecular complexity index is 1050. The summed E-state index contributed by atoms with van der Waals surface area (Å²) in [5, 5.41) is 0. The zero-order valence-corrected chi connectivity index (χ0v) is 15.0. The fourth-order valence-corrected chi connectivity index (χ4v) is 5.20. The first-order valence-corrected chi connectivity index (χ1v) is 9.75. The van der Waals surface area contributed by atoms with Crippen molar-refractivity contribution in [2.45, 2.75) is 24.3 Å². The molecule has 0 unspecified atom stereocenters. The van der Waals surface area contributed by atoms with Crippen LogP contribution in [-0.4, -0.2) is 24.5 Å². The van der Waals surface area contributed by atoms with Gasteiger partial charge in [0, 0.05) is 12.4 Å². The molecule has 0 bridgehead atoms. The summed E-state index contributed by atoms with van der Waals surface area (Å²) in [7, 11) is -3.89. The topological polar surface area (TPSA) is 55.2 Å². The van der Waals surface area contributed by atoms with Crippen LogP contribution in [0.1, 0.15) is 17.2 Å². The van der Waals surface area contributed by atoms with E-state index in [-0.39, 0.29) is 17.5 Å². The molecular weight excluding hydrogens is 353 g/mol. The Kier molecular flexibility index (Phi) is 4.03. The molecule has 1 aromatic heterocycles. The van der Waals surface area contributed by atoms with Crippen LogP contribution >= 0.6 is 0 Å². The minimum atomic E-state index is -3.89. The maximum absolute atomic E-state index is 13.7. The van der Waals surface area contributed by atoms with Gasteiger partial charge in [-0.05, 0) is 42.7 Å². The van der Waals surface area contributed by atoms with Gasteiger partial charge in [-0.3, -0.25) is 4.31 Å². The molecule has 2 aromatic carbocycles. The zero-order chi connectivity index (χ0) is 18.3. The first-order valence-electron chi connectivity index (χ1n) is 8.31. The summed E-state index contributed by atoms with van der Waals surface area (Å²) in [5.41, 5.74) is 2.11. The molecule has 0 saturated heterocycles. The van der Waals surface area contributed by atoms with Crippen LogP contribution in [0.2, 0.25) is 0 Å². The summed E-state index contributed by atoms with van der Waals surface area (Å²) in [6.07, 6.45) is 5.91. The molecule has 1 aliphatic heterocycles. The number of nitrogens with zero attached hydrogens (tertiary/aromatic N) is 3. The van der Waals surface area contributed by atoms with Crippen LogP contribution in [0.5, 0.6) is 0 Å². The summed E-state index contributed by atoms with van der Waals surface area (Å²) in [5.74, 6) is -0.564. The van der Waals surface area contributed by atoms with E-state index in [0.29, 0.717) is 17.7 Å². The lowest BCUT2D eigenvalue weighted by Gasteiger charge is -2.36. The van der Waals surface area contributed by atoms with E-state index in [0.717, 1.165) is 11.6 Å². The number of hydrogen-bond donors (Lipinski definition) is 0. The van der Waals surface area contributed by atoms with Crippen molar-refractivity contribution in [3.05, 3.63) is 78.1 Å². The molecule has 7 heteroatoms. The van der Waals surface area contributed by atoms with Gasteiger partial charge in [-0.2, -0.15) is 0 Å². The summed E-state index contributed by atoms with van der Waals surface area (Å²) in [6, 6.07) is 11.2. The number of fused-ring (bicyclic) bond motifs is 1. The van der Waals surface area contributed by atoms with Crippen LogP contribution in [0.15, 0.2) is 66.1 Å². The number of imidazole rings is 1. The molecule has 5 nitrogen and oxygen atoms in total. The predicted octanol–water partition coefficient (Wildman–Crippen LogP) is 3.32. The number of sulfonamides is 1. The summed E-state index contributed by atoms with van der Waals surface area (Å²) in [6.45, 7) is 1.95. The van der Waals surface area contributed by atoms with Gasteiger partial charge in [0.1, 0.15) is 5.82 Å². The largest absolute Gasteiger partial charge is 0.332 e. The second kappa shape index (κ2) is 6.25. The molecule has 2 heterocycles. The van der Waals surface area contributed by atoms with Crippen molar-refractivity contribution in [2.75, 3.05) is 10.8 Å². The second-order valence-corrected chi connectivity index (χ2v) is 8.27. The minimum Gasteiger partial charge on any atom is -0.332 e. The number of aromatic nitrogens is 2.